The van der Waals surface area contributed by atoms with Gasteiger partial charge in [0.1, 0.15) is 41.7 Å². The van der Waals surface area contributed by atoms with Gasteiger partial charge in [0, 0.05) is 71.3 Å². The Morgan fingerprint density at radius 1 is 1.07 bits per heavy atom. The molecule has 0 bridgehead atoms. The number of hydrogen-bond acceptors (Lipinski definition) is 8. The highest BCUT2D eigenvalue weighted by Crippen LogP contribution is 2.47. The van der Waals surface area contributed by atoms with Gasteiger partial charge in [-0.15, -0.1) is 11.3 Å². The molecule has 0 unspecified atom stereocenters. The second-order valence-corrected chi connectivity index (χ2v) is 12.1. The third-order valence-electron chi connectivity index (χ3n) is 8.12. The minimum atomic E-state index is -0.766. The minimum Gasteiger partial charge on any atom is -0.490 e. The standard InChI is InChI=1S/C34H30F2N6O3S/c1-20-17-42-24(19-41(20)8-4-9-43)16-28(39-42)33-31(30-26(36)14-23(35)15-29(30)45-11-10-44-3)34-25(7-12-46-34)32(37-33)21-5-6-27-22(13-21)18-40(2)38-27/h4-9,12-16,18,20H,10-11,17,19H2,1-3H3/t20-/m1/s1. The number of thiophene rings is 1. The number of rotatable bonds is 9. The number of fused-ring (bicyclic) bond motifs is 3. The van der Waals surface area contributed by atoms with E-state index in [0.717, 1.165) is 44.6 Å². The number of carbonyl (C=O) groups excluding carboxylic acids is 1. The van der Waals surface area contributed by atoms with Gasteiger partial charge in [-0.2, -0.15) is 10.2 Å². The predicted octanol–water partition coefficient (Wildman–Crippen LogP) is 6.60. The lowest BCUT2D eigenvalue weighted by molar-refractivity contribution is -0.104. The second kappa shape index (κ2) is 12.1. The molecule has 9 nitrogen and oxygen atoms in total. The number of pyridine rings is 1. The Labute approximate surface area is 267 Å². The average Bonchev–Trinajstić information content (AvgIpc) is 3.77. The Kier molecular flexibility index (Phi) is 7.83. The number of aldehydes is 1. The highest BCUT2D eigenvalue weighted by Gasteiger charge is 2.29. The molecule has 0 radical (unpaired) electrons. The highest BCUT2D eigenvalue weighted by molar-refractivity contribution is 7.18. The molecule has 12 heteroatoms. The maximum Gasteiger partial charge on any atom is 0.144 e. The van der Waals surface area contributed by atoms with Gasteiger partial charge in [0.05, 0.1) is 42.2 Å². The van der Waals surface area contributed by atoms with Gasteiger partial charge in [0.25, 0.3) is 0 Å². The van der Waals surface area contributed by atoms with Crippen molar-refractivity contribution in [1.82, 2.24) is 29.4 Å². The summed E-state index contributed by atoms with van der Waals surface area (Å²) in [6, 6.07) is 12.0. The Balaban J connectivity index is 1.48. The van der Waals surface area contributed by atoms with Crippen molar-refractivity contribution in [3.8, 4) is 39.5 Å². The molecule has 234 valence electrons. The normalized spacial score (nSPS) is 14.9. The lowest BCUT2D eigenvalue weighted by atomic mass is 9.96. The molecule has 2 aromatic carbocycles. The van der Waals surface area contributed by atoms with Crippen LogP contribution in [0.4, 0.5) is 8.78 Å². The molecular formula is C34H30F2N6O3S. The first-order valence-corrected chi connectivity index (χ1v) is 15.6. The van der Waals surface area contributed by atoms with E-state index in [2.05, 4.69) is 16.9 Å². The number of benzene rings is 2. The molecule has 5 heterocycles. The van der Waals surface area contributed by atoms with Crippen molar-refractivity contribution in [2.75, 3.05) is 20.3 Å². The van der Waals surface area contributed by atoms with Crippen LogP contribution in [0.5, 0.6) is 5.75 Å². The summed E-state index contributed by atoms with van der Waals surface area (Å²) in [4.78, 5) is 18.3. The summed E-state index contributed by atoms with van der Waals surface area (Å²) in [6.07, 6.45) is 5.96. The van der Waals surface area contributed by atoms with Crippen molar-refractivity contribution in [2.24, 2.45) is 7.05 Å². The number of aryl methyl sites for hydroxylation is 1. The van der Waals surface area contributed by atoms with Crippen molar-refractivity contribution in [1.29, 1.82) is 0 Å². The molecule has 46 heavy (non-hydrogen) atoms. The number of hydrogen-bond donors (Lipinski definition) is 0. The van der Waals surface area contributed by atoms with E-state index in [9.17, 15) is 9.18 Å². The van der Waals surface area contributed by atoms with Gasteiger partial charge in [0.2, 0.25) is 0 Å². The summed E-state index contributed by atoms with van der Waals surface area (Å²) in [5.74, 6) is -1.46. The van der Waals surface area contributed by atoms with Gasteiger partial charge < -0.3 is 14.4 Å². The zero-order chi connectivity index (χ0) is 31.9. The van der Waals surface area contributed by atoms with E-state index >= 15 is 4.39 Å². The van der Waals surface area contributed by atoms with Crippen molar-refractivity contribution < 1.29 is 23.0 Å². The van der Waals surface area contributed by atoms with E-state index < -0.39 is 11.6 Å². The first kappa shape index (κ1) is 29.8. The van der Waals surface area contributed by atoms with Crippen LogP contribution in [0.1, 0.15) is 12.6 Å². The molecule has 0 saturated carbocycles. The van der Waals surface area contributed by atoms with Gasteiger partial charge in [-0.1, -0.05) is 6.07 Å². The monoisotopic (exact) mass is 640 g/mol. The van der Waals surface area contributed by atoms with E-state index in [1.807, 2.05) is 53.6 Å². The molecule has 0 saturated heterocycles. The Hall–Kier alpha value is -4.94. The molecule has 1 aliphatic heterocycles. The van der Waals surface area contributed by atoms with Crippen molar-refractivity contribution in [3.63, 3.8) is 0 Å². The van der Waals surface area contributed by atoms with E-state index in [1.165, 1.54) is 30.6 Å². The summed E-state index contributed by atoms with van der Waals surface area (Å²) in [6.45, 7) is 3.51. The summed E-state index contributed by atoms with van der Waals surface area (Å²) < 4.78 is 46.2. The molecule has 6 aromatic rings. The third-order valence-corrected chi connectivity index (χ3v) is 9.06. The molecule has 0 fully saturated rings. The predicted molar refractivity (Wildman–Crippen MR) is 173 cm³/mol. The maximum atomic E-state index is 16.0. The number of nitrogens with zero attached hydrogens (tertiary/aromatic N) is 6. The number of carbonyl (C=O) groups is 1. The average molecular weight is 641 g/mol. The largest absolute Gasteiger partial charge is 0.490 e. The smallest absolute Gasteiger partial charge is 0.144 e. The van der Waals surface area contributed by atoms with Crippen LogP contribution < -0.4 is 4.74 Å². The molecule has 0 aliphatic carbocycles. The maximum absolute atomic E-state index is 16.0. The minimum absolute atomic E-state index is 0.0552. The van der Waals surface area contributed by atoms with Gasteiger partial charge in [-0.05, 0) is 42.6 Å². The molecule has 0 N–H and O–H groups in total. The molecule has 7 rings (SSSR count). The Morgan fingerprint density at radius 2 is 1.93 bits per heavy atom. The molecule has 0 spiro atoms. The third kappa shape index (κ3) is 5.33. The molecule has 1 atom stereocenters. The summed E-state index contributed by atoms with van der Waals surface area (Å²) in [7, 11) is 3.41. The second-order valence-electron chi connectivity index (χ2n) is 11.2. The van der Waals surface area contributed by atoms with E-state index in [4.69, 9.17) is 19.6 Å². The molecule has 4 aromatic heterocycles. The van der Waals surface area contributed by atoms with Crippen molar-refractivity contribution in [2.45, 2.75) is 26.1 Å². The highest BCUT2D eigenvalue weighted by atomic mass is 32.1. The quantitative estimate of drug-likeness (QED) is 0.100. The summed E-state index contributed by atoms with van der Waals surface area (Å²) in [5.41, 5.74) is 4.93. The van der Waals surface area contributed by atoms with Crippen LogP contribution in [0.25, 0.3) is 54.8 Å². The fraction of sp³-hybridized carbons (Fsp3) is 0.235. The SMILES string of the molecule is COCCOc1cc(F)cc(F)c1-c1c(-c2cc3n(n2)C[C@@H](C)N(C=CC=O)C3)nc(-c2ccc3nn(C)cc3c2)c2ccsc12. The fourth-order valence-corrected chi connectivity index (χ4v) is 6.95. The number of aromatic nitrogens is 5. The summed E-state index contributed by atoms with van der Waals surface area (Å²) in [5, 5.41) is 13.2. The Morgan fingerprint density at radius 3 is 2.76 bits per heavy atom. The summed E-state index contributed by atoms with van der Waals surface area (Å²) >= 11 is 1.45. The van der Waals surface area contributed by atoms with Crippen LogP contribution >= 0.6 is 11.3 Å². The zero-order valence-corrected chi connectivity index (χ0v) is 26.2. The topological polar surface area (TPSA) is 87.3 Å². The first-order valence-electron chi connectivity index (χ1n) is 14.8. The van der Waals surface area contributed by atoms with Gasteiger partial charge in [0.15, 0.2) is 0 Å². The zero-order valence-electron chi connectivity index (χ0n) is 25.4. The van der Waals surface area contributed by atoms with Crippen molar-refractivity contribution >= 4 is 38.6 Å². The number of methoxy groups -OCH3 is 1. The molecular weight excluding hydrogens is 610 g/mol. The van der Waals surface area contributed by atoms with E-state index in [-0.39, 0.29) is 30.6 Å². The number of allylic oxidation sites excluding steroid dienone is 1. The van der Waals surface area contributed by atoms with Crippen molar-refractivity contribution in [3.05, 3.63) is 83.6 Å². The van der Waals surface area contributed by atoms with Gasteiger partial charge in [-0.3, -0.25) is 14.2 Å². The van der Waals surface area contributed by atoms with Crippen LogP contribution in [0.2, 0.25) is 0 Å². The van der Waals surface area contributed by atoms with Crippen LogP contribution in [0.15, 0.2) is 66.3 Å². The van der Waals surface area contributed by atoms with Gasteiger partial charge >= 0.3 is 0 Å². The van der Waals surface area contributed by atoms with Gasteiger partial charge in [-0.25, -0.2) is 13.8 Å². The first-order chi connectivity index (χ1) is 22.3. The number of ether oxygens (including phenoxy) is 2. The Bertz CT molecular complexity index is 2130. The lowest BCUT2D eigenvalue weighted by Crippen LogP contribution is -2.37. The van der Waals surface area contributed by atoms with Crippen LogP contribution in [-0.2, 0) is 29.7 Å². The number of halogens is 2. The lowest BCUT2D eigenvalue weighted by Gasteiger charge is -2.32. The van der Waals surface area contributed by atoms with Crippen LogP contribution in [-0.4, -0.2) is 62.1 Å². The molecule has 1 aliphatic rings. The van der Waals surface area contributed by atoms with Crippen LogP contribution in [0, 0.1) is 11.6 Å². The van der Waals surface area contributed by atoms with E-state index in [1.54, 1.807) is 10.9 Å². The fourth-order valence-electron chi connectivity index (χ4n) is 6.00. The molecule has 0 amide bonds. The van der Waals surface area contributed by atoms with E-state index in [0.29, 0.717) is 35.7 Å². The van der Waals surface area contributed by atoms with Crippen LogP contribution in [0.3, 0.4) is 0 Å².